The van der Waals surface area contributed by atoms with Gasteiger partial charge in [0, 0.05) is 44.5 Å². The van der Waals surface area contributed by atoms with Crippen molar-refractivity contribution in [1.82, 2.24) is 9.27 Å². The summed E-state index contributed by atoms with van der Waals surface area (Å²) in [6, 6.07) is 10.6. The first-order valence-corrected chi connectivity index (χ1v) is 13.4. The number of halogens is 1. The SMILES string of the molecule is O=C1CCc2c(Cl)c(OCCCCN3CCN(c4nsc5ccccc45)CC3)cc3c2N1CC3. The van der Waals surface area contributed by atoms with Crippen LogP contribution in [-0.4, -0.2) is 61.1 Å². The van der Waals surface area contributed by atoms with Crippen molar-refractivity contribution in [2.24, 2.45) is 0 Å². The Morgan fingerprint density at radius 1 is 1.03 bits per heavy atom. The summed E-state index contributed by atoms with van der Waals surface area (Å²) in [4.78, 5) is 19.0. The number of carbonyl (C=O) groups is 1. The molecule has 0 aliphatic carbocycles. The predicted octanol–water partition coefficient (Wildman–Crippen LogP) is 4.77. The van der Waals surface area contributed by atoms with E-state index in [1.54, 1.807) is 11.5 Å². The highest BCUT2D eigenvalue weighted by Gasteiger charge is 2.33. The smallest absolute Gasteiger partial charge is 0.227 e. The lowest BCUT2D eigenvalue weighted by Crippen LogP contribution is -2.46. The highest BCUT2D eigenvalue weighted by Crippen LogP contribution is 2.44. The van der Waals surface area contributed by atoms with Gasteiger partial charge in [0.15, 0.2) is 0 Å². The van der Waals surface area contributed by atoms with Crippen LogP contribution in [0.3, 0.4) is 0 Å². The zero-order valence-electron chi connectivity index (χ0n) is 19.3. The third-order valence-corrected chi connectivity index (χ3v) is 8.53. The Labute approximate surface area is 209 Å². The number of aromatic nitrogens is 1. The van der Waals surface area contributed by atoms with E-state index >= 15 is 0 Å². The van der Waals surface area contributed by atoms with Crippen LogP contribution in [0.4, 0.5) is 11.5 Å². The number of ether oxygens (including phenoxy) is 1. The number of unbranched alkanes of at least 4 members (excludes halogenated alkanes) is 1. The molecule has 0 atom stereocenters. The summed E-state index contributed by atoms with van der Waals surface area (Å²) in [6.45, 7) is 6.73. The van der Waals surface area contributed by atoms with Gasteiger partial charge in [-0.3, -0.25) is 9.69 Å². The van der Waals surface area contributed by atoms with E-state index in [0.717, 1.165) is 87.8 Å². The van der Waals surface area contributed by atoms with Crippen LogP contribution in [0.25, 0.3) is 10.1 Å². The third-order valence-electron chi connectivity index (χ3n) is 7.30. The highest BCUT2D eigenvalue weighted by molar-refractivity contribution is 7.13. The van der Waals surface area contributed by atoms with Gasteiger partial charge in [0.1, 0.15) is 11.6 Å². The van der Waals surface area contributed by atoms with Gasteiger partial charge in [-0.25, -0.2) is 0 Å². The van der Waals surface area contributed by atoms with Gasteiger partial charge in [-0.2, -0.15) is 4.37 Å². The molecule has 6 rings (SSSR count). The average Bonchev–Trinajstić information content (AvgIpc) is 3.49. The lowest BCUT2D eigenvalue weighted by atomic mass is 9.99. The maximum atomic E-state index is 12.2. The summed E-state index contributed by atoms with van der Waals surface area (Å²) in [5.41, 5.74) is 3.35. The Balaban J connectivity index is 0.972. The van der Waals surface area contributed by atoms with Crippen molar-refractivity contribution in [1.29, 1.82) is 0 Å². The average molecular weight is 497 g/mol. The normalized spacial score (nSPS) is 18.1. The minimum Gasteiger partial charge on any atom is -0.492 e. The maximum Gasteiger partial charge on any atom is 0.227 e. The molecule has 4 heterocycles. The molecular formula is C26H29ClN4O2S. The molecule has 2 aromatic carbocycles. The Kier molecular flexibility index (Phi) is 6.09. The predicted molar refractivity (Wildman–Crippen MR) is 139 cm³/mol. The fourth-order valence-corrected chi connectivity index (χ4v) is 6.55. The number of piperazine rings is 1. The Morgan fingerprint density at radius 3 is 2.76 bits per heavy atom. The largest absolute Gasteiger partial charge is 0.492 e. The molecule has 1 saturated heterocycles. The van der Waals surface area contributed by atoms with Crippen LogP contribution in [0.2, 0.25) is 5.02 Å². The first kappa shape index (κ1) is 22.1. The number of nitrogens with zero attached hydrogens (tertiary/aromatic N) is 4. The standard InChI is InChI=1S/C26H29ClN4O2S/c27-24-20-7-8-23(32)31-11-9-18(25(20)31)17-21(24)33-16-4-3-10-29-12-14-30(15-13-29)26-19-5-1-2-6-22(19)34-28-26/h1-2,5-6,17H,3-4,7-16H2. The molecule has 3 aliphatic heterocycles. The minimum atomic E-state index is 0.219. The summed E-state index contributed by atoms with van der Waals surface area (Å²) < 4.78 is 12.1. The van der Waals surface area contributed by atoms with E-state index < -0.39 is 0 Å². The van der Waals surface area contributed by atoms with Gasteiger partial charge >= 0.3 is 0 Å². The van der Waals surface area contributed by atoms with Gasteiger partial charge in [0.25, 0.3) is 0 Å². The van der Waals surface area contributed by atoms with Crippen LogP contribution in [-0.2, 0) is 17.6 Å². The van der Waals surface area contributed by atoms with Crippen LogP contribution in [0.1, 0.15) is 30.4 Å². The van der Waals surface area contributed by atoms with E-state index in [1.165, 1.54) is 15.6 Å². The maximum absolute atomic E-state index is 12.2. The quantitative estimate of drug-likeness (QED) is 0.441. The lowest BCUT2D eigenvalue weighted by Gasteiger charge is -2.35. The van der Waals surface area contributed by atoms with E-state index in [9.17, 15) is 4.79 Å². The number of fused-ring (bicyclic) bond motifs is 1. The minimum absolute atomic E-state index is 0.219. The zero-order chi connectivity index (χ0) is 23.1. The molecule has 0 bridgehead atoms. The molecular weight excluding hydrogens is 468 g/mol. The summed E-state index contributed by atoms with van der Waals surface area (Å²) in [5.74, 6) is 2.15. The molecule has 1 amide bonds. The number of carbonyl (C=O) groups excluding carboxylic acids is 1. The topological polar surface area (TPSA) is 48.9 Å². The molecule has 0 saturated carbocycles. The first-order chi connectivity index (χ1) is 16.7. The van der Waals surface area contributed by atoms with Gasteiger partial charge in [-0.1, -0.05) is 23.7 Å². The van der Waals surface area contributed by atoms with Crippen LogP contribution in [0, 0.1) is 0 Å². The Hall–Kier alpha value is -2.35. The summed E-state index contributed by atoms with van der Waals surface area (Å²) in [5, 5.41) is 1.97. The van der Waals surface area contributed by atoms with Crippen molar-refractivity contribution >= 4 is 50.6 Å². The highest BCUT2D eigenvalue weighted by atomic mass is 35.5. The molecule has 3 aromatic rings. The summed E-state index contributed by atoms with van der Waals surface area (Å²) >= 11 is 8.28. The van der Waals surface area contributed by atoms with Crippen LogP contribution < -0.4 is 14.5 Å². The van der Waals surface area contributed by atoms with E-state index in [1.807, 2.05) is 4.90 Å². The molecule has 0 unspecified atom stereocenters. The van der Waals surface area contributed by atoms with Crippen molar-refractivity contribution in [2.75, 3.05) is 55.7 Å². The van der Waals surface area contributed by atoms with Crippen molar-refractivity contribution < 1.29 is 9.53 Å². The monoisotopic (exact) mass is 496 g/mol. The summed E-state index contributed by atoms with van der Waals surface area (Å²) in [6.07, 6.45) is 4.27. The van der Waals surface area contributed by atoms with E-state index in [-0.39, 0.29) is 5.91 Å². The number of hydrogen-bond acceptors (Lipinski definition) is 6. The molecule has 0 spiro atoms. The fraction of sp³-hybridized carbons (Fsp3) is 0.462. The molecule has 3 aliphatic rings. The Morgan fingerprint density at radius 2 is 1.88 bits per heavy atom. The van der Waals surface area contributed by atoms with E-state index in [4.69, 9.17) is 20.7 Å². The molecule has 1 fully saturated rings. The number of hydrogen-bond donors (Lipinski definition) is 0. The first-order valence-electron chi connectivity index (χ1n) is 12.3. The van der Waals surface area contributed by atoms with Gasteiger partial charge < -0.3 is 14.5 Å². The molecule has 178 valence electrons. The van der Waals surface area contributed by atoms with E-state index in [2.05, 4.69) is 40.1 Å². The molecule has 6 nitrogen and oxygen atoms in total. The number of benzene rings is 2. The summed E-state index contributed by atoms with van der Waals surface area (Å²) in [7, 11) is 0. The third kappa shape index (κ3) is 4.04. The van der Waals surface area contributed by atoms with Crippen molar-refractivity contribution in [2.45, 2.75) is 32.1 Å². The van der Waals surface area contributed by atoms with Gasteiger partial charge in [-0.05, 0) is 73.1 Å². The second-order valence-corrected chi connectivity index (χ2v) is 10.5. The zero-order valence-corrected chi connectivity index (χ0v) is 20.8. The van der Waals surface area contributed by atoms with Gasteiger partial charge in [-0.15, -0.1) is 0 Å². The molecule has 8 heteroatoms. The molecule has 0 N–H and O–H groups in total. The van der Waals surface area contributed by atoms with Gasteiger partial charge in [0.05, 0.1) is 22.0 Å². The molecule has 0 radical (unpaired) electrons. The number of amides is 1. The number of rotatable bonds is 7. The van der Waals surface area contributed by atoms with Crippen LogP contribution >= 0.6 is 23.1 Å². The van der Waals surface area contributed by atoms with Crippen LogP contribution in [0.5, 0.6) is 5.75 Å². The van der Waals surface area contributed by atoms with Crippen LogP contribution in [0.15, 0.2) is 30.3 Å². The number of anilines is 2. The second-order valence-electron chi connectivity index (χ2n) is 9.36. The molecule has 34 heavy (non-hydrogen) atoms. The van der Waals surface area contributed by atoms with Crippen molar-refractivity contribution in [3.63, 3.8) is 0 Å². The van der Waals surface area contributed by atoms with Crippen molar-refractivity contribution in [3.05, 3.63) is 46.5 Å². The van der Waals surface area contributed by atoms with Gasteiger partial charge in [0.2, 0.25) is 5.91 Å². The van der Waals surface area contributed by atoms with E-state index in [0.29, 0.717) is 18.1 Å². The Bertz CT molecular complexity index is 1220. The van der Waals surface area contributed by atoms with Crippen molar-refractivity contribution in [3.8, 4) is 5.75 Å². The fourth-order valence-electron chi connectivity index (χ4n) is 5.46. The lowest BCUT2D eigenvalue weighted by molar-refractivity contribution is -0.118. The molecule has 1 aromatic heterocycles. The second kappa shape index (κ2) is 9.36.